The quantitative estimate of drug-likeness (QED) is 0.315. The summed E-state index contributed by atoms with van der Waals surface area (Å²) >= 11 is 0. The number of aromatic nitrogens is 4. The molecule has 4 heterocycles. The maximum absolute atomic E-state index is 5.18. The fourth-order valence-corrected chi connectivity index (χ4v) is 5.70. The molecule has 0 bridgehead atoms. The number of benzene rings is 2. The number of fused-ring (bicyclic) bond motifs is 14. The predicted molar refractivity (Wildman–Crippen MR) is 122 cm³/mol. The summed E-state index contributed by atoms with van der Waals surface area (Å²) in [6.45, 7) is 0. The van der Waals surface area contributed by atoms with E-state index in [1.165, 1.54) is 39.1 Å². The second-order valence-electron chi connectivity index (χ2n) is 8.49. The van der Waals surface area contributed by atoms with Gasteiger partial charge in [0.15, 0.2) is 0 Å². The zero-order chi connectivity index (χ0) is 20.1. The fourth-order valence-electron chi connectivity index (χ4n) is 5.70. The molecule has 6 aromatic rings. The number of hydrogen-bond acceptors (Lipinski definition) is 3. The van der Waals surface area contributed by atoms with Crippen molar-refractivity contribution in [2.75, 3.05) is 0 Å². The summed E-state index contributed by atoms with van der Waals surface area (Å²) < 4.78 is 2.32. The molecule has 0 atom stereocenters. The molecule has 144 valence electrons. The first kappa shape index (κ1) is 15.7. The Bertz CT molecular complexity index is 1740. The molecule has 2 aliphatic rings. The molecule has 4 heteroatoms. The first-order valence-corrected chi connectivity index (χ1v) is 10.6. The second-order valence-corrected chi connectivity index (χ2v) is 8.49. The van der Waals surface area contributed by atoms with E-state index in [0.29, 0.717) is 0 Å². The van der Waals surface area contributed by atoms with Crippen LogP contribution in [0.15, 0.2) is 73.2 Å². The van der Waals surface area contributed by atoms with E-state index in [1.54, 1.807) is 0 Å². The fraction of sp³-hybridized carbons (Fsp3) is 0.0741. The molecule has 0 saturated carbocycles. The van der Waals surface area contributed by atoms with E-state index in [-0.39, 0.29) is 0 Å². The van der Waals surface area contributed by atoms with E-state index in [2.05, 4.69) is 51.8 Å². The summed E-state index contributed by atoms with van der Waals surface area (Å²) in [6, 6.07) is 19.6. The Hall–Kier alpha value is -4.05. The molecule has 0 saturated heterocycles. The van der Waals surface area contributed by atoms with Crippen LogP contribution in [0.25, 0.3) is 49.8 Å². The minimum atomic E-state index is 0.902. The van der Waals surface area contributed by atoms with Gasteiger partial charge in [-0.05, 0) is 52.4 Å². The summed E-state index contributed by atoms with van der Waals surface area (Å²) in [4.78, 5) is 14.3. The van der Waals surface area contributed by atoms with Gasteiger partial charge in [-0.2, -0.15) is 0 Å². The molecule has 4 aromatic heterocycles. The zero-order valence-corrected chi connectivity index (χ0v) is 16.6. The average Bonchev–Trinajstić information content (AvgIpc) is 3.49. The van der Waals surface area contributed by atoms with Crippen LogP contribution in [-0.4, -0.2) is 19.4 Å². The lowest BCUT2D eigenvalue weighted by Crippen LogP contribution is -1.99. The average molecular weight is 396 g/mol. The molecule has 2 aliphatic carbocycles. The Morgan fingerprint density at radius 3 is 2.65 bits per heavy atom. The lowest BCUT2D eigenvalue weighted by atomic mass is 9.97. The van der Waals surface area contributed by atoms with Crippen LogP contribution < -0.4 is 0 Å². The number of hydrogen-bond donors (Lipinski definition) is 0. The summed E-state index contributed by atoms with van der Waals surface area (Å²) in [5.41, 5.74) is 13.8. The Kier molecular flexibility index (Phi) is 2.72. The largest absolute Gasteiger partial charge is 0.293 e. The van der Waals surface area contributed by atoms with E-state index in [0.717, 1.165) is 46.0 Å². The normalized spacial score (nSPS) is 13.5. The molecule has 4 nitrogen and oxygen atoms in total. The van der Waals surface area contributed by atoms with Crippen molar-refractivity contribution >= 4 is 27.5 Å². The molecule has 8 rings (SSSR count). The van der Waals surface area contributed by atoms with Gasteiger partial charge in [-0.1, -0.05) is 36.4 Å². The van der Waals surface area contributed by atoms with Crippen LogP contribution in [0, 0.1) is 0 Å². The van der Waals surface area contributed by atoms with Gasteiger partial charge in [-0.15, -0.1) is 0 Å². The van der Waals surface area contributed by atoms with Crippen molar-refractivity contribution in [3.8, 4) is 22.4 Å². The number of rotatable bonds is 0. The van der Waals surface area contributed by atoms with Crippen LogP contribution in [-0.2, 0) is 12.8 Å². The van der Waals surface area contributed by atoms with E-state index < -0.39 is 0 Å². The molecular weight excluding hydrogens is 380 g/mol. The van der Waals surface area contributed by atoms with Gasteiger partial charge in [0, 0.05) is 41.3 Å². The molecule has 0 unspecified atom stereocenters. The highest BCUT2D eigenvalue weighted by molar-refractivity contribution is 6.10. The van der Waals surface area contributed by atoms with Crippen molar-refractivity contribution in [1.29, 1.82) is 0 Å². The molecular formula is C27H16N4. The van der Waals surface area contributed by atoms with Crippen LogP contribution in [0.4, 0.5) is 0 Å². The van der Waals surface area contributed by atoms with Crippen molar-refractivity contribution in [1.82, 2.24) is 19.4 Å². The van der Waals surface area contributed by atoms with Crippen LogP contribution in [0.2, 0.25) is 0 Å². The minimum Gasteiger partial charge on any atom is -0.293 e. The van der Waals surface area contributed by atoms with Gasteiger partial charge in [-0.25, -0.2) is 4.98 Å². The second kappa shape index (κ2) is 5.35. The van der Waals surface area contributed by atoms with Gasteiger partial charge in [0.2, 0.25) is 0 Å². The first-order valence-electron chi connectivity index (χ1n) is 10.6. The summed E-state index contributed by atoms with van der Waals surface area (Å²) in [6.07, 6.45) is 7.53. The van der Waals surface area contributed by atoms with Crippen LogP contribution in [0.3, 0.4) is 0 Å². The van der Waals surface area contributed by atoms with Gasteiger partial charge in [0.25, 0.3) is 0 Å². The Balaban J connectivity index is 1.47. The third-order valence-electron chi connectivity index (χ3n) is 7.02. The number of nitrogens with zero attached hydrogens (tertiary/aromatic N) is 4. The standard InChI is InChI=1S/C27H16N4/c1-2-5-16-15(4-1)12-20-17(16)7-8-18-21(20)13-24-26(18)30-27-22-14-28-11-9-19(22)25-23(31(24)27)6-3-10-29-25/h1-11,14H,12-13H2. The van der Waals surface area contributed by atoms with Gasteiger partial charge in [-0.3, -0.25) is 14.4 Å². The topological polar surface area (TPSA) is 43.1 Å². The highest BCUT2D eigenvalue weighted by atomic mass is 15.0. The Labute approximate surface area is 177 Å². The molecule has 0 N–H and O–H groups in total. The minimum absolute atomic E-state index is 0.902. The van der Waals surface area contributed by atoms with E-state index in [4.69, 9.17) is 9.97 Å². The molecule has 2 aromatic carbocycles. The lowest BCUT2D eigenvalue weighted by molar-refractivity contribution is 1.07. The predicted octanol–water partition coefficient (Wildman–Crippen LogP) is 5.57. The third kappa shape index (κ3) is 1.84. The van der Waals surface area contributed by atoms with Gasteiger partial charge < -0.3 is 0 Å². The SMILES string of the molecule is c1ccc2c(c1)Cc1c-2ccc2c1Cc1c-2nc2c3cnccc3c3ncccc3n12. The highest BCUT2D eigenvalue weighted by Gasteiger charge is 2.31. The van der Waals surface area contributed by atoms with Crippen molar-refractivity contribution in [2.24, 2.45) is 0 Å². The maximum Gasteiger partial charge on any atom is 0.147 e. The molecule has 31 heavy (non-hydrogen) atoms. The van der Waals surface area contributed by atoms with E-state index in [1.807, 2.05) is 30.7 Å². The van der Waals surface area contributed by atoms with Crippen molar-refractivity contribution in [3.05, 3.63) is 95.6 Å². The van der Waals surface area contributed by atoms with E-state index in [9.17, 15) is 0 Å². The van der Waals surface area contributed by atoms with Crippen LogP contribution in [0.1, 0.15) is 22.4 Å². The molecule has 0 aliphatic heterocycles. The third-order valence-corrected chi connectivity index (χ3v) is 7.02. The lowest BCUT2D eigenvalue weighted by Gasteiger charge is -2.10. The van der Waals surface area contributed by atoms with Crippen LogP contribution >= 0.6 is 0 Å². The van der Waals surface area contributed by atoms with Crippen molar-refractivity contribution < 1.29 is 0 Å². The summed E-state index contributed by atoms with van der Waals surface area (Å²) in [5.74, 6) is 0. The first-order chi connectivity index (χ1) is 15.4. The molecule has 0 amide bonds. The zero-order valence-electron chi connectivity index (χ0n) is 16.6. The van der Waals surface area contributed by atoms with Crippen molar-refractivity contribution in [2.45, 2.75) is 12.8 Å². The van der Waals surface area contributed by atoms with Gasteiger partial charge >= 0.3 is 0 Å². The number of imidazole rings is 1. The van der Waals surface area contributed by atoms with Crippen molar-refractivity contribution in [3.63, 3.8) is 0 Å². The molecule has 0 fully saturated rings. The molecule has 0 spiro atoms. The Morgan fingerprint density at radius 1 is 0.742 bits per heavy atom. The summed E-state index contributed by atoms with van der Waals surface area (Å²) in [5, 5.41) is 2.16. The number of pyridine rings is 3. The van der Waals surface area contributed by atoms with Gasteiger partial charge in [0.1, 0.15) is 5.65 Å². The van der Waals surface area contributed by atoms with Gasteiger partial charge in [0.05, 0.1) is 22.4 Å². The maximum atomic E-state index is 5.18. The highest BCUT2D eigenvalue weighted by Crippen LogP contribution is 2.47. The van der Waals surface area contributed by atoms with Crippen LogP contribution in [0.5, 0.6) is 0 Å². The molecule has 0 radical (unpaired) electrons. The Morgan fingerprint density at radius 2 is 1.65 bits per heavy atom. The van der Waals surface area contributed by atoms with E-state index >= 15 is 0 Å². The smallest absolute Gasteiger partial charge is 0.147 e. The summed E-state index contributed by atoms with van der Waals surface area (Å²) in [7, 11) is 0. The monoisotopic (exact) mass is 396 g/mol.